The Bertz CT molecular complexity index is 639. The Morgan fingerprint density at radius 1 is 1.45 bits per heavy atom. The molecule has 0 aliphatic heterocycles. The number of nitrogens with zero attached hydrogens (tertiary/aromatic N) is 2. The topological polar surface area (TPSA) is 69.2 Å². The highest BCUT2D eigenvalue weighted by atomic mass is 16.2. The fourth-order valence-electron chi connectivity index (χ4n) is 1.83. The van der Waals surface area contributed by atoms with Gasteiger partial charge in [0.1, 0.15) is 6.61 Å². The summed E-state index contributed by atoms with van der Waals surface area (Å²) in [5.74, 6) is 5.24. The number of hydrogen-bond donors (Lipinski definition) is 2. The van der Waals surface area contributed by atoms with Gasteiger partial charge >= 0.3 is 0 Å². The number of benzene rings is 1. The van der Waals surface area contributed by atoms with Crippen molar-refractivity contribution in [1.29, 1.82) is 0 Å². The van der Waals surface area contributed by atoms with Crippen LogP contribution in [0.15, 0.2) is 36.7 Å². The van der Waals surface area contributed by atoms with Crippen LogP contribution in [0.25, 0.3) is 0 Å². The van der Waals surface area contributed by atoms with E-state index in [-0.39, 0.29) is 12.5 Å². The van der Waals surface area contributed by atoms with Gasteiger partial charge in [0.25, 0.3) is 5.91 Å². The molecule has 5 nitrogen and oxygen atoms in total. The van der Waals surface area contributed by atoms with Crippen molar-refractivity contribution in [3.63, 3.8) is 0 Å². The van der Waals surface area contributed by atoms with Gasteiger partial charge < -0.3 is 10.0 Å². The van der Waals surface area contributed by atoms with Crippen LogP contribution in [-0.2, 0) is 6.54 Å². The maximum absolute atomic E-state index is 12.4. The third-order valence-corrected chi connectivity index (χ3v) is 2.78. The molecule has 0 unspecified atom stereocenters. The van der Waals surface area contributed by atoms with Crippen LogP contribution in [0.4, 0.5) is 0 Å². The van der Waals surface area contributed by atoms with Crippen molar-refractivity contribution < 1.29 is 9.90 Å². The zero-order valence-corrected chi connectivity index (χ0v) is 11.1. The lowest BCUT2D eigenvalue weighted by Gasteiger charge is -2.17. The fraction of sp³-hybridized carbons (Fsp3) is 0.200. The van der Waals surface area contributed by atoms with Crippen LogP contribution in [0.3, 0.4) is 0 Å². The summed E-state index contributed by atoms with van der Waals surface area (Å²) in [6.45, 7) is 0.241. The summed E-state index contributed by atoms with van der Waals surface area (Å²) in [6, 6.07) is 7.11. The summed E-state index contributed by atoms with van der Waals surface area (Å²) >= 11 is 0. The Labute approximate surface area is 117 Å². The van der Waals surface area contributed by atoms with Crippen molar-refractivity contribution >= 4 is 5.91 Å². The van der Waals surface area contributed by atoms with Gasteiger partial charge in [-0.15, -0.1) is 0 Å². The number of aromatic amines is 1. The molecule has 1 amide bonds. The van der Waals surface area contributed by atoms with Crippen LogP contribution >= 0.6 is 0 Å². The van der Waals surface area contributed by atoms with E-state index in [9.17, 15) is 4.79 Å². The number of aliphatic hydroxyl groups excluding tert-OH is 1. The van der Waals surface area contributed by atoms with Gasteiger partial charge in [-0.3, -0.25) is 9.89 Å². The number of rotatable bonds is 3. The normalized spacial score (nSPS) is 9.70. The molecule has 1 aromatic heterocycles. The quantitative estimate of drug-likeness (QED) is 0.818. The van der Waals surface area contributed by atoms with Crippen LogP contribution in [0.2, 0.25) is 0 Å². The summed E-state index contributed by atoms with van der Waals surface area (Å²) in [6.07, 6.45) is 3.43. The first-order valence-corrected chi connectivity index (χ1v) is 6.14. The zero-order chi connectivity index (χ0) is 14.4. The Morgan fingerprint density at radius 3 is 2.95 bits per heavy atom. The number of hydrogen-bond acceptors (Lipinski definition) is 3. The number of carbonyl (C=O) groups is 1. The molecule has 0 radical (unpaired) electrons. The van der Waals surface area contributed by atoms with E-state index in [0.717, 1.165) is 5.56 Å². The molecule has 0 saturated heterocycles. The maximum Gasteiger partial charge on any atom is 0.255 e. The minimum atomic E-state index is -0.229. The van der Waals surface area contributed by atoms with Gasteiger partial charge in [0, 0.05) is 30.9 Å². The van der Waals surface area contributed by atoms with Gasteiger partial charge in [-0.05, 0) is 12.1 Å². The first-order valence-electron chi connectivity index (χ1n) is 6.14. The molecule has 2 aromatic rings. The first kappa shape index (κ1) is 13.8. The molecule has 20 heavy (non-hydrogen) atoms. The van der Waals surface area contributed by atoms with Crippen molar-refractivity contribution in [2.24, 2.45) is 0 Å². The summed E-state index contributed by atoms with van der Waals surface area (Å²) in [4.78, 5) is 14.0. The molecule has 5 heteroatoms. The highest BCUT2D eigenvalue weighted by Gasteiger charge is 2.15. The van der Waals surface area contributed by atoms with Gasteiger partial charge in [0.2, 0.25) is 0 Å². The lowest BCUT2D eigenvalue weighted by Crippen LogP contribution is -2.26. The largest absolute Gasteiger partial charge is 0.384 e. The van der Waals surface area contributed by atoms with Crippen LogP contribution in [0.1, 0.15) is 21.5 Å². The van der Waals surface area contributed by atoms with Crippen LogP contribution in [0, 0.1) is 11.8 Å². The molecule has 0 aliphatic rings. The van der Waals surface area contributed by atoms with Crippen molar-refractivity contribution in [2.45, 2.75) is 6.54 Å². The molecule has 2 N–H and O–H groups in total. The van der Waals surface area contributed by atoms with Gasteiger partial charge in [0.05, 0.1) is 11.8 Å². The van der Waals surface area contributed by atoms with E-state index in [1.807, 2.05) is 6.07 Å². The van der Waals surface area contributed by atoms with Gasteiger partial charge in [-0.1, -0.05) is 24.0 Å². The van der Waals surface area contributed by atoms with E-state index in [4.69, 9.17) is 5.11 Å². The maximum atomic E-state index is 12.4. The van der Waals surface area contributed by atoms with E-state index < -0.39 is 0 Å². The molecule has 1 heterocycles. The molecule has 0 aliphatic carbocycles. The number of H-pyrrole nitrogens is 1. The SMILES string of the molecule is CN(Cc1cn[nH]c1)C(=O)c1ccccc1C#CCO. The highest BCUT2D eigenvalue weighted by Crippen LogP contribution is 2.12. The highest BCUT2D eigenvalue weighted by molar-refractivity contribution is 5.96. The number of amides is 1. The van der Waals surface area contributed by atoms with E-state index in [1.54, 1.807) is 42.5 Å². The molecule has 0 fully saturated rings. The Hall–Kier alpha value is -2.58. The van der Waals surface area contributed by atoms with Crippen molar-refractivity contribution in [3.05, 3.63) is 53.3 Å². The lowest BCUT2D eigenvalue weighted by atomic mass is 10.1. The fourth-order valence-corrected chi connectivity index (χ4v) is 1.83. The van der Waals surface area contributed by atoms with Gasteiger partial charge in [-0.25, -0.2) is 0 Å². The molecule has 0 atom stereocenters. The first-order chi connectivity index (χ1) is 9.72. The van der Waals surface area contributed by atoms with Crippen LogP contribution < -0.4 is 0 Å². The second-order valence-corrected chi connectivity index (χ2v) is 4.27. The molecular weight excluding hydrogens is 254 g/mol. The molecule has 1 aromatic carbocycles. The van der Waals surface area contributed by atoms with E-state index in [1.165, 1.54) is 0 Å². The second-order valence-electron chi connectivity index (χ2n) is 4.27. The van der Waals surface area contributed by atoms with Crippen molar-refractivity contribution in [3.8, 4) is 11.8 Å². The Balaban J connectivity index is 2.20. The monoisotopic (exact) mass is 269 g/mol. The predicted octanol–water partition coefficient (Wildman–Crippen LogP) is 1.03. The number of nitrogens with one attached hydrogen (secondary N) is 1. The second kappa shape index (κ2) is 6.55. The average molecular weight is 269 g/mol. The van der Waals surface area contributed by atoms with E-state index in [0.29, 0.717) is 17.7 Å². The molecule has 0 bridgehead atoms. The van der Waals surface area contributed by atoms with Crippen LogP contribution in [-0.4, -0.2) is 39.8 Å². The zero-order valence-electron chi connectivity index (χ0n) is 11.1. The van der Waals surface area contributed by atoms with Crippen LogP contribution in [0.5, 0.6) is 0 Å². The smallest absolute Gasteiger partial charge is 0.255 e. The third-order valence-electron chi connectivity index (χ3n) is 2.78. The minimum absolute atomic E-state index is 0.117. The summed E-state index contributed by atoms with van der Waals surface area (Å²) in [5, 5.41) is 15.3. The number of carbonyl (C=O) groups excluding carboxylic acids is 1. The Kier molecular flexibility index (Phi) is 4.53. The Morgan fingerprint density at radius 2 is 2.25 bits per heavy atom. The van der Waals surface area contributed by atoms with Gasteiger partial charge in [-0.2, -0.15) is 5.10 Å². The predicted molar refractivity (Wildman–Crippen MR) is 74.8 cm³/mol. The van der Waals surface area contributed by atoms with E-state index in [2.05, 4.69) is 22.0 Å². The minimum Gasteiger partial charge on any atom is -0.384 e. The third kappa shape index (κ3) is 3.25. The van der Waals surface area contributed by atoms with E-state index >= 15 is 0 Å². The number of aliphatic hydroxyl groups is 1. The lowest BCUT2D eigenvalue weighted by molar-refractivity contribution is 0.0785. The van der Waals surface area contributed by atoms with Gasteiger partial charge in [0.15, 0.2) is 0 Å². The van der Waals surface area contributed by atoms with Crippen molar-refractivity contribution in [1.82, 2.24) is 15.1 Å². The van der Waals surface area contributed by atoms with Crippen molar-refractivity contribution in [2.75, 3.05) is 13.7 Å². The summed E-state index contributed by atoms with van der Waals surface area (Å²) in [5.41, 5.74) is 2.07. The molecule has 0 saturated carbocycles. The molecule has 0 spiro atoms. The molecule has 2 rings (SSSR count). The molecule has 102 valence electrons. The standard InChI is InChI=1S/C15H15N3O2/c1-18(11-12-9-16-17-10-12)15(20)14-7-3-2-5-13(14)6-4-8-19/h2-3,5,7,9-10,19H,8,11H2,1H3,(H,16,17). The summed E-state index contributed by atoms with van der Waals surface area (Å²) in [7, 11) is 1.73. The molecular formula is C15H15N3O2. The average Bonchev–Trinajstić information content (AvgIpc) is 2.97. The summed E-state index contributed by atoms with van der Waals surface area (Å²) < 4.78 is 0. The number of aromatic nitrogens is 2.